The SMILES string of the molecule is c1nc(N2CCCC2)cc(N2CCC(OCC3CCCCO3)CC2)n1. The van der Waals surface area contributed by atoms with Crippen LogP contribution in [0.1, 0.15) is 44.9 Å². The second-order valence-electron chi connectivity index (χ2n) is 7.44. The molecule has 0 spiro atoms. The molecule has 138 valence electrons. The number of hydrogen-bond acceptors (Lipinski definition) is 6. The number of hydrogen-bond donors (Lipinski definition) is 0. The average molecular weight is 346 g/mol. The molecule has 1 atom stereocenters. The molecule has 4 rings (SSSR count). The van der Waals surface area contributed by atoms with Gasteiger partial charge in [0.2, 0.25) is 0 Å². The Morgan fingerprint density at radius 3 is 2.32 bits per heavy atom. The Balaban J connectivity index is 1.26. The maximum atomic E-state index is 6.12. The lowest BCUT2D eigenvalue weighted by atomic mass is 10.1. The third kappa shape index (κ3) is 4.42. The van der Waals surface area contributed by atoms with Crippen molar-refractivity contribution in [1.29, 1.82) is 0 Å². The summed E-state index contributed by atoms with van der Waals surface area (Å²) in [6.07, 6.45) is 10.7. The van der Waals surface area contributed by atoms with Crippen LogP contribution in [-0.2, 0) is 9.47 Å². The van der Waals surface area contributed by atoms with Gasteiger partial charge in [0, 0.05) is 38.9 Å². The summed E-state index contributed by atoms with van der Waals surface area (Å²) in [7, 11) is 0. The maximum Gasteiger partial charge on any atom is 0.134 e. The smallest absolute Gasteiger partial charge is 0.134 e. The van der Waals surface area contributed by atoms with Crippen molar-refractivity contribution in [3.8, 4) is 0 Å². The number of rotatable bonds is 5. The molecule has 3 fully saturated rings. The van der Waals surface area contributed by atoms with E-state index < -0.39 is 0 Å². The molecular weight excluding hydrogens is 316 g/mol. The van der Waals surface area contributed by atoms with Gasteiger partial charge >= 0.3 is 0 Å². The van der Waals surface area contributed by atoms with Gasteiger partial charge in [0.15, 0.2) is 0 Å². The van der Waals surface area contributed by atoms with E-state index in [-0.39, 0.29) is 0 Å². The molecule has 1 aromatic heterocycles. The minimum atomic E-state index is 0.316. The lowest BCUT2D eigenvalue weighted by Crippen LogP contribution is -2.39. The van der Waals surface area contributed by atoms with E-state index >= 15 is 0 Å². The normalized spacial score (nSPS) is 25.5. The maximum absolute atomic E-state index is 6.12. The van der Waals surface area contributed by atoms with Crippen LogP contribution >= 0.6 is 0 Å². The highest BCUT2D eigenvalue weighted by atomic mass is 16.5. The van der Waals surface area contributed by atoms with Crippen molar-refractivity contribution in [2.24, 2.45) is 0 Å². The number of aromatic nitrogens is 2. The van der Waals surface area contributed by atoms with Gasteiger partial charge in [-0.15, -0.1) is 0 Å². The van der Waals surface area contributed by atoms with Crippen molar-refractivity contribution >= 4 is 11.6 Å². The van der Waals surface area contributed by atoms with Crippen LogP contribution in [0.25, 0.3) is 0 Å². The Kier molecular flexibility index (Phi) is 5.67. The molecule has 0 N–H and O–H groups in total. The molecule has 1 unspecified atom stereocenters. The van der Waals surface area contributed by atoms with Crippen LogP contribution < -0.4 is 9.80 Å². The molecule has 6 nitrogen and oxygen atoms in total. The van der Waals surface area contributed by atoms with Crippen molar-refractivity contribution in [3.05, 3.63) is 12.4 Å². The van der Waals surface area contributed by atoms with Gasteiger partial charge in [0.05, 0.1) is 18.8 Å². The molecular formula is C19H30N4O2. The number of ether oxygens (including phenoxy) is 2. The topological polar surface area (TPSA) is 50.7 Å². The van der Waals surface area contributed by atoms with Crippen LogP contribution in [0.4, 0.5) is 11.6 Å². The summed E-state index contributed by atoms with van der Waals surface area (Å²) >= 11 is 0. The lowest BCUT2D eigenvalue weighted by Gasteiger charge is -2.34. The van der Waals surface area contributed by atoms with E-state index in [1.165, 1.54) is 25.7 Å². The fourth-order valence-electron chi connectivity index (χ4n) is 4.06. The van der Waals surface area contributed by atoms with Gasteiger partial charge in [-0.05, 0) is 44.9 Å². The first-order chi connectivity index (χ1) is 12.4. The van der Waals surface area contributed by atoms with Crippen molar-refractivity contribution in [1.82, 2.24) is 9.97 Å². The average Bonchev–Trinajstić information content (AvgIpc) is 3.23. The second-order valence-corrected chi connectivity index (χ2v) is 7.44. The standard InChI is InChI=1S/C19H30N4O2/c1-4-12-24-17(5-1)14-25-16-6-10-23(11-7-16)19-13-18(20-15-21-19)22-8-2-3-9-22/h13,15-17H,1-12,14H2. The summed E-state index contributed by atoms with van der Waals surface area (Å²) in [5.41, 5.74) is 0. The zero-order valence-corrected chi connectivity index (χ0v) is 15.1. The Morgan fingerprint density at radius 2 is 1.64 bits per heavy atom. The predicted octanol–water partition coefficient (Wildman–Crippen LogP) is 2.63. The van der Waals surface area contributed by atoms with E-state index in [1.807, 2.05) is 0 Å². The van der Waals surface area contributed by atoms with Gasteiger partial charge in [-0.1, -0.05) is 0 Å². The monoisotopic (exact) mass is 346 g/mol. The molecule has 0 aromatic carbocycles. The third-order valence-corrected chi connectivity index (χ3v) is 5.63. The zero-order valence-electron chi connectivity index (χ0n) is 15.1. The number of nitrogens with zero attached hydrogens (tertiary/aromatic N) is 4. The molecule has 3 saturated heterocycles. The molecule has 6 heteroatoms. The first kappa shape index (κ1) is 17.0. The molecule has 25 heavy (non-hydrogen) atoms. The molecule has 0 saturated carbocycles. The second kappa shape index (κ2) is 8.32. The lowest BCUT2D eigenvalue weighted by molar-refractivity contribution is -0.0672. The van der Waals surface area contributed by atoms with Crippen molar-refractivity contribution in [2.75, 3.05) is 49.2 Å². The highest BCUT2D eigenvalue weighted by Gasteiger charge is 2.23. The Labute approximate surface area is 150 Å². The van der Waals surface area contributed by atoms with Gasteiger partial charge in [-0.2, -0.15) is 0 Å². The summed E-state index contributed by atoms with van der Waals surface area (Å²) in [5, 5.41) is 0. The molecule has 0 radical (unpaired) electrons. The first-order valence-corrected chi connectivity index (χ1v) is 9.93. The van der Waals surface area contributed by atoms with Crippen LogP contribution in [0.15, 0.2) is 12.4 Å². The summed E-state index contributed by atoms with van der Waals surface area (Å²) in [6, 6.07) is 2.16. The minimum Gasteiger partial charge on any atom is -0.376 e. The van der Waals surface area contributed by atoms with Crippen LogP contribution in [-0.4, -0.2) is 61.6 Å². The predicted molar refractivity (Wildman–Crippen MR) is 98.3 cm³/mol. The summed E-state index contributed by atoms with van der Waals surface area (Å²) < 4.78 is 11.9. The van der Waals surface area contributed by atoms with E-state index in [2.05, 4.69) is 25.8 Å². The van der Waals surface area contributed by atoms with Gasteiger partial charge < -0.3 is 19.3 Å². The molecule has 3 aliphatic heterocycles. The van der Waals surface area contributed by atoms with Gasteiger partial charge in [-0.25, -0.2) is 9.97 Å². The minimum absolute atomic E-state index is 0.316. The Hall–Kier alpha value is -1.40. The summed E-state index contributed by atoms with van der Waals surface area (Å²) in [4.78, 5) is 13.7. The highest BCUT2D eigenvalue weighted by Crippen LogP contribution is 2.24. The molecule has 4 heterocycles. The zero-order chi connectivity index (χ0) is 16.9. The van der Waals surface area contributed by atoms with Crippen LogP contribution in [0.3, 0.4) is 0 Å². The third-order valence-electron chi connectivity index (χ3n) is 5.63. The fourth-order valence-corrected chi connectivity index (χ4v) is 4.06. The van der Waals surface area contributed by atoms with Crippen LogP contribution in [0.2, 0.25) is 0 Å². The van der Waals surface area contributed by atoms with Gasteiger partial charge in [0.1, 0.15) is 18.0 Å². The summed E-state index contributed by atoms with van der Waals surface area (Å²) in [5.74, 6) is 2.14. The number of anilines is 2. The fraction of sp³-hybridized carbons (Fsp3) is 0.789. The van der Waals surface area contributed by atoms with Crippen molar-refractivity contribution < 1.29 is 9.47 Å². The highest BCUT2D eigenvalue weighted by molar-refractivity contribution is 5.50. The van der Waals surface area contributed by atoms with E-state index in [9.17, 15) is 0 Å². The first-order valence-electron chi connectivity index (χ1n) is 9.93. The van der Waals surface area contributed by atoms with Gasteiger partial charge in [-0.3, -0.25) is 0 Å². The molecule has 0 amide bonds. The molecule has 0 aliphatic carbocycles. The van der Waals surface area contributed by atoms with Crippen LogP contribution in [0, 0.1) is 0 Å². The molecule has 0 bridgehead atoms. The van der Waals surface area contributed by atoms with E-state index in [1.54, 1.807) is 6.33 Å². The van der Waals surface area contributed by atoms with Crippen molar-refractivity contribution in [3.63, 3.8) is 0 Å². The quantitative estimate of drug-likeness (QED) is 0.817. The molecule has 1 aromatic rings. The Morgan fingerprint density at radius 1 is 0.920 bits per heavy atom. The largest absolute Gasteiger partial charge is 0.376 e. The number of piperidine rings is 1. The van der Waals surface area contributed by atoms with E-state index in [0.717, 1.165) is 70.3 Å². The Bertz CT molecular complexity index is 536. The van der Waals surface area contributed by atoms with E-state index in [4.69, 9.17) is 9.47 Å². The summed E-state index contributed by atoms with van der Waals surface area (Å²) in [6.45, 7) is 5.92. The van der Waals surface area contributed by atoms with Crippen molar-refractivity contribution in [2.45, 2.75) is 57.2 Å². The van der Waals surface area contributed by atoms with Gasteiger partial charge in [0.25, 0.3) is 0 Å². The van der Waals surface area contributed by atoms with E-state index in [0.29, 0.717) is 12.2 Å². The van der Waals surface area contributed by atoms with Crippen LogP contribution in [0.5, 0.6) is 0 Å². The molecule has 3 aliphatic rings.